The lowest BCUT2D eigenvalue weighted by atomic mass is 9.42. The molecule has 3 aliphatic carbocycles. The molecule has 0 saturated heterocycles. The van der Waals surface area contributed by atoms with Crippen LogP contribution in [0.3, 0.4) is 0 Å². The Bertz CT molecular complexity index is 1000. The first-order chi connectivity index (χ1) is 13.6. The van der Waals surface area contributed by atoms with E-state index in [0.717, 1.165) is 12.8 Å². The largest absolute Gasteiger partial charge is 0.353 e. The van der Waals surface area contributed by atoms with Gasteiger partial charge >= 0.3 is 0 Å². The molecule has 5 unspecified atom stereocenters. The molecule has 1 aromatic heterocycles. The number of benzene rings is 1. The average molecular weight is 394 g/mol. The monoisotopic (exact) mass is 393 g/mol. The van der Waals surface area contributed by atoms with Gasteiger partial charge in [-0.25, -0.2) is 4.98 Å². The fourth-order valence-electron chi connectivity index (χ4n) is 8.32. The van der Waals surface area contributed by atoms with Crippen molar-refractivity contribution in [1.82, 2.24) is 15.3 Å². The first-order valence-corrected chi connectivity index (χ1v) is 11.3. The molecule has 5 atom stereocenters. The van der Waals surface area contributed by atoms with Crippen molar-refractivity contribution in [3.8, 4) is 0 Å². The highest BCUT2D eigenvalue weighted by Crippen LogP contribution is 2.68. The minimum absolute atomic E-state index is 0.108. The molecule has 1 aromatic carbocycles. The van der Waals surface area contributed by atoms with E-state index in [9.17, 15) is 4.79 Å². The van der Waals surface area contributed by atoms with Gasteiger partial charge < -0.3 is 10.3 Å². The number of carbonyl (C=O) groups excluding carboxylic acids is 1. The molecule has 0 spiro atoms. The Morgan fingerprint density at radius 2 is 1.93 bits per heavy atom. The van der Waals surface area contributed by atoms with Gasteiger partial charge in [0.25, 0.3) is 0 Å². The van der Waals surface area contributed by atoms with E-state index in [1.165, 1.54) is 41.4 Å². The van der Waals surface area contributed by atoms with Crippen molar-refractivity contribution in [3.05, 3.63) is 29.1 Å². The topological polar surface area (TPSA) is 57.8 Å². The van der Waals surface area contributed by atoms with Gasteiger partial charge in [-0.2, -0.15) is 0 Å². The third-order valence-electron chi connectivity index (χ3n) is 9.45. The molecule has 3 aliphatic rings. The number of aromatic amines is 1. The maximum Gasteiger partial charge on any atom is 0.217 e. The molecule has 2 N–H and O–H groups in total. The highest BCUT2D eigenvalue weighted by Gasteiger charge is 2.63. The summed E-state index contributed by atoms with van der Waals surface area (Å²) in [6.07, 6.45) is 7.74. The summed E-state index contributed by atoms with van der Waals surface area (Å²) in [5.41, 5.74) is 7.52. The molecule has 0 bridgehead atoms. The van der Waals surface area contributed by atoms with E-state index in [1.54, 1.807) is 12.5 Å². The lowest BCUT2D eigenvalue weighted by Crippen LogP contribution is -2.61. The van der Waals surface area contributed by atoms with Crippen molar-refractivity contribution in [1.29, 1.82) is 0 Å². The summed E-state index contributed by atoms with van der Waals surface area (Å²) in [6, 6.07) is 2.59. The Morgan fingerprint density at radius 3 is 2.66 bits per heavy atom. The molecule has 2 aromatic rings. The van der Waals surface area contributed by atoms with E-state index in [0.29, 0.717) is 17.3 Å². The third-order valence-corrected chi connectivity index (χ3v) is 9.45. The molecule has 2 saturated carbocycles. The van der Waals surface area contributed by atoms with E-state index in [4.69, 9.17) is 4.98 Å². The van der Waals surface area contributed by atoms with E-state index in [1.807, 2.05) is 6.33 Å². The number of nitrogens with zero attached hydrogens (tertiary/aromatic N) is 1. The van der Waals surface area contributed by atoms with Gasteiger partial charge in [0.1, 0.15) is 0 Å². The van der Waals surface area contributed by atoms with Crippen molar-refractivity contribution in [2.45, 2.75) is 85.1 Å². The Balaban J connectivity index is 1.60. The van der Waals surface area contributed by atoms with Gasteiger partial charge in [0, 0.05) is 13.0 Å². The fourth-order valence-corrected chi connectivity index (χ4v) is 8.32. The zero-order valence-corrected chi connectivity index (χ0v) is 18.8. The lowest BCUT2D eigenvalue weighted by Gasteiger charge is -2.63. The predicted octanol–water partition coefficient (Wildman–Crippen LogP) is 5.04. The van der Waals surface area contributed by atoms with Crippen molar-refractivity contribution >= 4 is 16.9 Å². The van der Waals surface area contributed by atoms with Crippen LogP contribution in [0.5, 0.6) is 0 Å². The summed E-state index contributed by atoms with van der Waals surface area (Å²) in [5, 5.41) is 3.29. The molecule has 1 heterocycles. The zero-order valence-electron chi connectivity index (χ0n) is 18.8. The number of nitrogens with one attached hydrogen (secondary N) is 2. The van der Waals surface area contributed by atoms with E-state index >= 15 is 0 Å². The second kappa shape index (κ2) is 5.86. The van der Waals surface area contributed by atoms with Crippen LogP contribution in [0.15, 0.2) is 12.4 Å². The number of aromatic nitrogens is 2. The molecular formula is C25H35N3O. The van der Waals surface area contributed by atoms with Crippen molar-refractivity contribution in [2.24, 2.45) is 22.7 Å². The number of rotatable bonds is 1. The second-order valence-electron chi connectivity index (χ2n) is 11.2. The number of aryl methyl sites for hydroxylation is 1. The number of carbonyl (C=O) groups is 1. The Morgan fingerprint density at radius 1 is 1.17 bits per heavy atom. The van der Waals surface area contributed by atoms with Crippen LogP contribution < -0.4 is 5.32 Å². The molecule has 5 rings (SSSR count). The molecular weight excluding hydrogens is 358 g/mol. The van der Waals surface area contributed by atoms with Gasteiger partial charge in [0.2, 0.25) is 5.91 Å². The molecule has 0 aliphatic heterocycles. The quantitative estimate of drug-likeness (QED) is 0.713. The lowest BCUT2D eigenvalue weighted by molar-refractivity contribution is -0.131. The fraction of sp³-hybridized carbons (Fsp3) is 0.680. The number of imidazole rings is 1. The van der Waals surface area contributed by atoms with Crippen LogP contribution in [0, 0.1) is 29.6 Å². The molecule has 156 valence electrons. The highest BCUT2D eigenvalue weighted by molar-refractivity contribution is 5.82. The standard InChI is InChI=1S/C25H35N3O/c1-14-11-17-22(27-13-26-17)16-12-19-24(5)10-8-20(28-15(2)29)23(3,4)18(24)7-9-25(19,6)21(14)16/h11,13,18-20H,7-10,12H2,1-6H3,(H,26,27)(H,28,29). The van der Waals surface area contributed by atoms with Gasteiger partial charge in [-0.1, -0.05) is 27.7 Å². The Labute approximate surface area is 174 Å². The van der Waals surface area contributed by atoms with Gasteiger partial charge in [0.15, 0.2) is 0 Å². The second-order valence-corrected chi connectivity index (χ2v) is 11.2. The van der Waals surface area contributed by atoms with Crippen LogP contribution in [0.25, 0.3) is 11.0 Å². The minimum Gasteiger partial charge on any atom is -0.353 e. The van der Waals surface area contributed by atoms with Crippen molar-refractivity contribution < 1.29 is 4.79 Å². The summed E-state index contributed by atoms with van der Waals surface area (Å²) in [7, 11) is 0. The van der Waals surface area contributed by atoms with Gasteiger partial charge in [-0.3, -0.25) is 4.79 Å². The Kier molecular flexibility index (Phi) is 3.87. The molecule has 2 fully saturated rings. The number of fused-ring (bicyclic) bond motifs is 7. The summed E-state index contributed by atoms with van der Waals surface area (Å²) in [4.78, 5) is 19.9. The van der Waals surface area contributed by atoms with Gasteiger partial charge in [-0.15, -0.1) is 0 Å². The predicted molar refractivity (Wildman–Crippen MR) is 117 cm³/mol. The van der Waals surface area contributed by atoms with Gasteiger partial charge in [0.05, 0.1) is 17.4 Å². The van der Waals surface area contributed by atoms with Crippen molar-refractivity contribution in [3.63, 3.8) is 0 Å². The van der Waals surface area contributed by atoms with E-state index in [2.05, 4.69) is 51.0 Å². The molecule has 4 nitrogen and oxygen atoms in total. The van der Waals surface area contributed by atoms with Crippen LogP contribution in [-0.2, 0) is 16.6 Å². The summed E-state index contributed by atoms with van der Waals surface area (Å²) < 4.78 is 0. The van der Waals surface area contributed by atoms with E-state index in [-0.39, 0.29) is 22.8 Å². The minimum atomic E-state index is 0.108. The highest BCUT2D eigenvalue weighted by atomic mass is 16.1. The van der Waals surface area contributed by atoms with Gasteiger partial charge in [-0.05, 0) is 89.9 Å². The molecule has 29 heavy (non-hydrogen) atoms. The Hall–Kier alpha value is -1.84. The van der Waals surface area contributed by atoms with E-state index < -0.39 is 0 Å². The van der Waals surface area contributed by atoms with Crippen LogP contribution in [0.2, 0.25) is 0 Å². The first-order valence-electron chi connectivity index (χ1n) is 11.3. The average Bonchev–Trinajstić information content (AvgIpc) is 3.20. The number of hydrogen-bond donors (Lipinski definition) is 2. The van der Waals surface area contributed by atoms with Crippen molar-refractivity contribution in [2.75, 3.05) is 0 Å². The SMILES string of the molecule is CC(=O)NC1CCC2(C)C3Cc4c(c(C)cc5[nH]cnc45)C3(C)CCC2C1(C)C. The molecule has 0 radical (unpaired) electrons. The van der Waals surface area contributed by atoms with Crippen LogP contribution in [-0.4, -0.2) is 21.9 Å². The molecule has 1 amide bonds. The number of hydrogen-bond acceptors (Lipinski definition) is 2. The number of amides is 1. The molecule has 4 heteroatoms. The summed E-state index contributed by atoms with van der Waals surface area (Å²) >= 11 is 0. The smallest absolute Gasteiger partial charge is 0.217 e. The summed E-state index contributed by atoms with van der Waals surface area (Å²) in [5.74, 6) is 1.38. The third kappa shape index (κ3) is 2.38. The zero-order chi connectivity index (χ0) is 20.8. The number of H-pyrrole nitrogens is 1. The van der Waals surface area contributed by atoms with Crippen LogP contribution >= 0.6 is 0 Å². The summed E-state index contributed by atoms with van der Waals surface area (Å²) in [6.45, 7) is 13.8. The van der Waals surface area contributed by atoms with Crippen LogP contribution in [0.1, 0.15) is 77.0 Å². The maximum atomic E-state index is 11.8. The van der Waals surface area contributed by atoms with Crippen LogP contribution in [0.4, 0.5) is 0 Å². The first kappa shape index (κ1) is 19.1. The normalized spacial score (nSPS) is 37.7. The maximum absolute atomic E-state index is 11.8.